The summed E-state index contributed by atoms with van der Waals surface area (Å²) in [6, 6.07) is 13.9. The molecule has 22 heavy (non-hydrogen) atoms. The molecule has 1 amide bonds. The molecule has 0 radical (unpaired) electrons. The summed E-state index contributed by atoms with van der Waals surface area (Å²) in [5.74, 6) is 0.0801. The molecule has 0 aliphatic rings. The maximum atomic E-state index is 12.0. The molecule has 0 spiro atoms. The Morgan fingerprint density at radius 1 is 1.18 bits per heavy atom. The molecule has 0 saturated heterocycles. The van der Waals surface area contributed by atoms with E-state index >= 15 is 0 Å². The first-order valence-electron chi connectivity index (χ1n) is 7.01. The van der Waals surface area contributed by atoms with Crippen LogP contribution in [0.3, 0.4) is 0 Å². The molecule has 0 fully saturated rings. The molecule has 1 aromatic carbocycles. The van der Waals surface area contributed by atoms with E-state index in [-0.39, 0.29) is 11.8 Å². The standard InChI is InChI=1S/C16H15N3OS2/c1-2-12(11-7-4-3-5-8-11)15-18-19-16(22-15)17-14(20)13-9-6-10-21-13/h3-10,12H,2H2,1H3,(H,17,19,20). The summed E-state index contributed by atoms with van der Waals surface area (Å²) in [6.07, 6.45) is 0.942. The number of hydrogen-bond donors (Lipinski definition) is 1. The minimum Gasteiger partial charge on any atom is -0.296 e. The first-order chi connectivity index (χ1) is 10.8. The topological polar surface area (TPSA) is 54.9 Å². The van der Waals surface area contributed by atoms with Crippen molar-refractivity contribution in [2.45, 2.75) is 19.3 Å². The molecule has 0 saturated carbocycles. The maximum absolute atomic E-state index is 12.0. The second kappa shape index (κ2) is 6.81. The van der Waals surface area contributed by atoms with Crippen molar-refractivity contribution < 1.29 is 4.79 Å². The third kappa shape index (κ3) is 3.23. The van der Waals surface area contributed by atoms with Crippen molar-refractivity contribution in [2.24, 2.45) is 0 Å². The van der Waals surface area contributed by atoms with Gasteiger partial charge in [0.15, 0.2) is 0 Å². The highest BCUT2D eigenvalue weighted by Crippen LogP contribution is 2.31. The van der Waals surface area contributed by atoms with Crippen LogP contribution in [-0.4, -0.2) is 16.1 Å². The average molecular weight is 329 g/mol. The average Bonchev–Trinajstić information content (AvgIpc) is 3.21. The third-order valence-corrected chi connectivity index (χ3v) is 5.14. The van der Waals surface area contributed by atoms with E-state index in [0.717, 1.165) is 11.4 Å². The summed E-state index contributed by atoms with van der Waals surface area (Å²) in [5.41, 5.74) is 1.22. The van der Waals surface area contributed by atoms with E-state index in [1.54, 1.807) is 6.07 Å². The number of benzene rings is 1. The molecule has 1 unspecified atom stereocenters. The van der Waals surface area contributed by atoms with E-state index < -0.39 is 0 Å². The largest absolute Gasteiger partial charge is 0.296 e. The Balaban J connectivity index is 1.77. The Morgan fingerprint density at radius 2 is 2.00 bits per heavy atom. The summed E-state index contributed by atoms with van der Waals surface area (Å²) in [5, 5.41) is 14.5. The van der Waals surface area contributed by atoms with Crippen LogP contribution in [0.2, 0.25) is 0 Å². The third-order valence-electron chi connectivity index (χ3n) is 3.31. The summed E-state index contributed by atoms with van der Waals surface area (Å²) in [7, 11) is 0. The number of thiophene rings is 1. The summed E-state index contributed by atoms with van der Waals surface area (Å²) in [4.78, 5) is 12.7. The van der Waals surface area contributed by atoms with Gasteiger partial charge in [-0.05, 0) is 23.4 Å². The van der Waals surface area contributed by atoms with Crippen LogP contribution in [0.4, 0.5) is 5.13 Å². The van der Waals surface area contributed by atoms with Gasteiger partial charge in [0.25, 0.3) is 5.91 Å². The Bertz CT molecular complexity index is 738. The molecular formula is C16H15N3OS2. The minimum atomic E-state index is -0.134. The molecule has 0 bridgehead atoms. The number of hydrogen-bond acceptors (Lipinski definition) is 5. The normalized spacial score (nSPS) is 12.0. The monoisotopic (exact) mass is 329 g/mol. The fraction of sp³-hybridized carbons (Fsp3) is 0.188. The van der Waals surface area contributed by atoms with Crippen LogP contribution in [0.1, 0.15) is 39.5 Å². The van der Waals surface area contributed by atoms with Gasteiger partial charge in [-0.15, -0.1) is 21.5 Å². The quantitative estimate of drug-likeness (QED) is 0.755. The van der Waals surface area contributed by atoms with E-state index in [9.17, 15) is 4.79 Å². The summed E-state index contributed by atoms with van der Waals surface area (Å²) < 4.78 is 0. The zero-order valence-corrected chi connectivity index (χ0v) is 13.7. The Kier molecular flexibility index (Phi) is 4.60. The predicted molar refractivity (Wildman–Crippen MR) is 90.8 cm³/mol. The van der Waals surface area contributed by atoms with Gasteiger partial charge in [-0.2, -0.15) is 0 Å². The van der Waals surface area contributed by atoms with E-state index in [1.165, 1.54) is 28.2 Å². The number of aromatic nitrogens is 2. The fourth-order valence-electron chi connectivity index (χ4n) is 2.23. The number of amides is 1. The summed E-state index contributed by atoms with van der Waals surface area (Å²) in [6.45, 7) is 2.13. The minimum absolute atomic E-state index is 0.134. The van der Waals surface area contributed by atoms with E-state index in [0.29, 0.717) is 10.0 Å². The van der Waals surface area contributed by atoms with Crippen molar-refractivity contribution in [3.63, 3.8) is 0 Å². The molecule has 1 atom stereocenters. The SMILES string of the molecule is CCC(c1ccccc1)c1nnc(NC(=O)c2cccs2)s1. The van der Waals surface area contributed by atoms with Gasteiger partial charge in [-0.3, -0.25) is 10.1 Å². The number of nitrogens with zero attached hydrogens (tertiary/aromatic N) is 2. The van der Waals surface area contributed by atoms with Gasteiger partial charge in [-0.25, -0.2) is 0 Å². The molecule has 3 rings (SSSR count). The smallest absolute Gasteiger partial charge is 0.267 e. The van der Waals surface area contributed by atoms with Crippen molar-refractivity contribution >= 4 is 33.7 Å². The first kappa shape index (κ1) is 14.9. The molecule has 1 N–H and O–H groups in total. The van der Waals surface area contributed by atoms with Crippen LogP contribution in [0.5, 0.6) is 0 Å². The van der Waals surface area contributed by atoms with Gasteiger partial charge >= 0.3 is 0 Å². The molecule has 4 nitrogen and oxygen atoms in total. The lowest BCUT2D eigenvalue weighted by molar-refractivity contribution is 0.103. The summed E-state index contributed by atoms with van der Waals surface area (Å²) >= 11 is 2.85. The molecule has 6 heteroatoms. The van der Waals surface area contributed by atoms with E-state index in [2.05, 4.69) is 34.6 Å². The number of carbonyl (C=O) groups is 1. The molecule has 0 aliphatic carbocycles. The van der Waals surface area contributed by atoms with Gasteiger partial charge in [0, 0.05) is 5.92 Å². The molecule has 2 heterocycles. The van der Waals surface area contributed by atoms with E-state index in [4.69, 9.17) is 0 Å². The van der Waals surface area contributed by atoms with Gasteiger partial charge in [0.2, 0.25) is 5.13 Å². The molecule has 0 aliphatic heterocycles. The van der Waals surface area contributed by atoms with Crippen molar-refractivity contribution in [2.75, 3.05) is 5.32 Å². The maximum Gasteiger partial charge on any atom is 0.267 e. The first-order valence-corrected chi connectivity index (χ1v) is 8.70. The van der Waals surface area contributed by atoms with Gasteiger partial charge in [-0.1, -0.05) is 54.7 Å². The molecule has 3 aromatic rings. The van der Waals surface area contributed by atoms with Crippen LogP contribution >= 0.6 is 22.7 Å². The highest BCUT2D eigenvalue weighted by molar-refractivity contribution is 7.15. The fourth-order valence-corrected chi connectivity index (χ4v) is 3.80. The Labute approximate surface area is 136 Å². The zero-order chi connectivity index (χ0) is 15.4. The zero-order valence-electron chi connectivity index (χ0n) is 12.0. The van der Waals surface area contributed by atoms with E-state index in [1.807, 2.05) is 29.6 Å². The van der Waals surface area contributed by atoms with Gasteiger partial charge in [0.05, 0.1) is 4.88 Å². The molecule has 112 valence electrons. The number of anilines is 1. The Hall–Kier alpha value is -2.05. The second-order valence-electron chi connectivity index (χ2n) is 4.75. The van der Waals surface area contributed by atoms with Crippen molar-refractivity contribution in [1.82, 2.24) is 10.2 Å². The van der Waals surface area contributed by atoms with Crippen LogP contribution in [0, 0.1) is 0 Å². The van der Waals surface area contributed by atoms with Crippen molar-refractivity contribution in [1.29, 1.82) is 0 Å². The van der Waals surface area contributed by atoms with Crippen LogP contribution < -0.4 is 5.32 Å². The van der Waals surface area contributed by atoms with Gasteiger partial charge in [0.1, 0.15) is 5.01 Å². The van der Waals surface area contributed by atoms with Crippen LogP contribution in [-0.2, 0) is 0 Å². The predicted octanol–water partition coefficient (Wildman–Crippen LogP) is 4.39. The molecular weight excluding hydrogens is 314 g/mol. The van der Waals surface area contributed by atoms with Gasteiger partial charge < -0.3 is 0 Å². The van der Waals surface area contributed by atoms with Crippen LogP contribution in [0.25, 0.3) is 0 Å². The lowest BCUT2D eigenvalue weighted by Crippen LogP contribution is -2.09. The van der Waals surface area contributed by atoms with Crippen molar-refractivity contribution in [3.05, 3.63) is 63.3 Å². The lowest BCUT2D eigenvalue weighted by atomic mass is 9.97. The number of rotatable bonds is 5. The Morgan fingerprint density at radius 3 is 2.68 bits per heavy atom. The highest BCUT2D eigenvalue weighted by atomic mass is 32.1. The lowest BCUT2D eigenvalue weighted by Gasteiger charge is -2.10. The highest BCUT2D eigenvalue weighted by Gasteiger charge is 2.18. The second-order valence-corrected chi connectivity index (χ2v) is 6.71. The van der Waals surface area contributed by atoms with Crippen molar-refractivity contribution in [3.8, 4) is 0 Å². The number of carbonyl (C=O) groups excluding carboxylic acids is 1. The van der Waals surface area contributed by atoms with Crippen LogP contribution in [0.15, 0.2) is 47.8 Å². The number of nitrogens with one attached hydrogen (secondary N) is 1. The molecule has 2 aromatic heterocycles.